The summed E-state index contributed by atoms with van der Waals surface area (Å²) in [6, 6.07) is 19.8. The molecule has 0 bridgehead atoms. The second-order valence-electron chi connectivity index (χ2n) is 5.57. The summed E-state index contributed by atoms with van der Waals surface area (Å²) in [6.45, 7) is 6.34. The Morgan fingerprint density at radius 3 is 2.48 bits per heavy atom. The largest absolute Gasteiger partial charge is 0.375 e. The second kappa shape index (κ2) is 7.84. The van der Waals surface area contributed by atoms with Gasteiger partial charge in [-0.3, -0.25) is 0 Å². The Bertz CT molecular complexity index is 536. The molecule has 0 aromatic heterocycles. The number of benzene rings is 2. The summed E-state index contributed by atoms with van der Waals surface area (Å²) < 4.78 is 0. The van der Waals surface area contributed by atoms with Crippen LogP contribution in [0.1, 0.15) is 30.5 Å². The normalized spacial score (nSPS) is 12.1. The number of hydrogen-bond donors (Lipinski definition) is 1. The maximum absolute atomic E-state index is 3.59. The van der Waals surface area contributed by atoms with E-state index in [9.17, 15) is 0 Å². The van der Waals surface area contributed by atoms with Crippen molar-refractivity contribution in [2.24, 2.45) is 0 Å². The van der Waals surface area contributed by atoms with Crippen LogP contribution in [-0.2, 0) is 0 Å². The van der Waals surface area contributed by atoms with Gasteiger partial charge in [-0.15, -0.1) is 0 Å². The molecule has 0 radical (unpaired) electrons. The highest BCUT2D eigenvalue weighted by Gasteiger charge is 2.11. The van der Waals surface area contributed by atoms with Crippen molar-refractivity contribution in [2.45, 2.75) is 26.3 Å². The molecule has 1 atom stereocenters. The van der Waals surface area contributed by atoms with Gasteiger partial charge in [-0.05, 0) is 43.1 Å². The van der Waals surface area contributed by atoms with Gasteiger partial charge >= 0.3 is 0 Å². The average Bonchev–Trinajstić information content (AvgIpc) is 2.52. The Morgan fingerprint density at radius 1 is 1.05 bits per heavy atom. The van der Waals surface area contributed by atoms with Crippen LogP contribution in [0, 0.1) is 6.92 Å². The zero-order chi connectivity index (χ0) is 15.1. The molecule has 21 heavy (non-hydrogen) atoms. The van der Waals surface area contributed by atoms with Crippen LogP contribution in [0.25, 0.3) is 0 Å². The molecule has 2 heteroatoms. The fraction of sp³-hybridized carbons (Fsp3) is 0.368. The monoisotopic (exact) mass is 282 g/mol. The van der Waals surface area contributed by atoms with Crippen molar-refractivity contribution < 1.29 is 0 Å². The third-order valence-electron chi connectivity index (χ3n) is 3.85. The highest BCUT2D eigenvalue weighted by atomic mass is 15.1. The Morgan fingerprint density at radius 2 is 1.81 bits per heavy atom. The minimum Gasteiger partial charge on any atom is -0.375 e. The minimum atomic E-state index is 0.420. The second-order valence-corrected chi connectivity index (χ2v) is 5.57. The molecule has 0 heterocycles. The molecule has 2 aromatic carbocycles. The van der Waals surface area contributed by atoms with E-state index in [2.05, 4.69) is 85.7 Å². The standard InChI is InChI=1S/C19H26N2/c1-4-20-19(17-10-6-5-7-11-17)13-14-21(3)18-12-8-9-16(2)15-18/h5-12,15,19-20H,4,13-14H2,1-3H3. The maximum Gasteiger partial charge on any atom is 0.0366 e. The summed E-state index contributed by atoms with van der Waals surface area (Å²) in [7, 11) is 2.17. The van der Waals surface area contributed by atoms with Crippen molar-refractivity contribution in [3.8, 4) is 0 Å². The van der Waals surface area contributed by atoms with Crippen molar-refractivity contribution in [2.75, 3.05) is 25.0 Å². The van der Waals surface area contributed by atoms with Crippen LogP contribution in [0.3, 0.4) is 0 Å². The third kappa shape index (κ3) is 4.61. The third-order valence-corrected chi connectivity index (χ3v) is 3.85. The van der Waals surface area contributed by atoms with Gasteiger partial charge in [-0.1, -0.05) is 49.4 Å². The SMILES string of the molecule is CCNC(CCN(C)c1cccc(C)c1)c1ccccc1. The van der Waals surface area contributed by atoms with Crippen molar-refractivity contribution in [1.82, 2.24) is 5.32 Å². The van der Waals surface area contributed by atoms with E-state index in [0.717, 1.165) is 19.5 Å². The molecule has 0 aliphatic rings. The fourth-order valence-corrected chi connectivity index (χ4v) is 2.64. The van der Waals surface area contributed by atoms with E-state index in [1.165, 1.54) is 16.8 Å². The van der Waals surface area contributed by atoms with Crippen LogP contribution >= 0.6 is 0 Å². The van der Waals surface area contributed by atoms with Crippen LogP contribution in [-0.4, -0.2) is 20.1 Å². The quantitative estimate of drug-likeness (QED) is 0.820. The first-order valence-electron chi connectivity index (χ1n) is 7.77. The summed E-state index contributed by atoms with van der Waals surface area (Å²) in [5, 5.41) is 3.59. The van der Waals surface area contributed by atoms with E-state index in [4.69, 9.17) is 0 Å². The first kappa shape index (κ1) is 15.6. The Balaban J connectivity index is 1.98. The maximum atomic E-state index is 3.59. The number of rotatable bonds is 7. The van der Waals surface area contributed by atoms with Gasteiger partial charge in [-0.2, -0.15) is 0 Å². The summed E-state index contributed by atoms with van der Waals surface area (Å²) in [4.78, 5) is 2.33. The topological polar surface area (TPSA) is 15.3 Å². The lowest BCUT2D eigenvalue weighted by molar-refractivity contribution is 0.516. The van der Waals surface area contributed by atoms with Crippen LogP contribution in [0.15, 0.2) is 54.6 Å². The predicted octanol–water partition coefficient (Wildman–Crippen LogP) is 4.17. The first-order valence-corrected chi connectivity index (χ1v) is 7.77. The molecule has 2 aromatic rings. The number of nitrogens with one attached hydrogen (secondary N) is 1. The number of hydrogen-bond acceptors (Lipinski definition) is 2. The van der Waals surface area contributed by atoms with E-state index in [1.807, 2.05) is 0 Å². The highest BCUT2D eigenvalue weighted by molar-refractivity contribution is 5.47. The molecule has 1 N–H and O–H groups in total. The van der Waals surface area contributed by atoms with Gasteiger partial charge in [0.1, 0.15) is 0 Å². The molecule has 0 saturated carbocycles. The first-order chi connectivity index (χ1) is 10.2. The van der Waals surface area contributed by atoms with E-state index < -0.39 is 0 Å². The van der Waals surface area contributed by atoms with Crippen molar-refractivity contribution >= 4 is 5.69 Å². The Labute approximate surface area is 128 Å². The predicted molar refractivity (Wildman–Crippen MR) is 91.9 cm³/mol. The van der Waals surface area contributed by atoms with Crippen LogP contribution in [0.4, 0.5) is 5.69 Å². The number of anilines is 1. The average molecular weight is 282 g/mol. The molecule has 2 nitrogen and oxygen atoms in total. The zero-order valence-electron chi connectivity index (χ0n) is 13.3. The molecule has 2 rings (SSSR count). The lowest BCUT2D eigenvalue weighted by Crippen LogP contribution is -2.27. The molecule has 0 saturated heterocycles. The van der Waals surface area contributed by atoms with E-state index in [-0.39, 0.29) is 0 Å². The molecule has 112 valence electrons. The van der Waals surface area contributed by atoms with Gasteiger partial charge in [0.05, 0.1) is 0 Å². The van der Waals surface area contributed by atoms with E-state index in [1.54, 1.807) is 0 Å². The number of aryl methyl sites for hydroxylation is 1. The summed E-state index contributed by atoms with van der Waals surface area (Å²) in [6.07, 6.45) is 1.10. The lowest BCUT2D eigenvalue weighted by atomic mass is 10.0. The van der Waals surface area contributed by atoms with Gasteiger partial charge in [0.25, 0.3) is 0 Å². The molecular formula is C19H26N2. The van der Waals surface area contributed by atoms with Gasteiger partial charge in [0.2, 0.25) is 0 Å². The smallest absolute Gasteiger partial charge is 0.0366 e. The van der Waals surface area contributed by atoms with E-state index >= 15 is 0 Å². The van der Waals surface area contributed by atoms with E-state index in [0.29, 0.717) is 6.04 Å². The minimum absolute atomic E-state index is 0.420. The van der Waals surface area contributed by atoms with Crippen LogP contribution in [0.2, 0.25) is 0 Å². The lowest BCUT2D eigenvalue weighted by Gasteiger charge is -2.24. The zero-order valence-corrected chi connectivity index (χ0v) is 13.3. The van der Waals surface area contributed by atoms with Gasteiger partial charge in [0, 0.05) is 25.3 Å². The Hall–Kier alpha value is -1.80. The molecule has 0 fully saturated rings. The van der Waals surface area contributed by atoms with Crippen LogP contribution in [0.5, 0.6) is 0 Å². The molecule has 1 unspecified atom stereocenters. The summed E-state index contributed by atoms with van der Waals surface area (Å²) in [5.74, 6) is 0. The number of nitrogens with zero attached hydrogens (tertiary/aromatic N) is 1. The summed E-state index contributed by atoms with van der Waals surface area (Å²) >= 11 is 0. The molecular weight excluding hydrogens is 256 g/mol. The molecule has 0 amide bonds. The van der Waals surface area contributed by atoms with Crippen molar-refractivity contribution in [1.29, 1.82) is 0 Å². The van der Waals surface area contributed by atoms with Crippen molar-refractivity contribution in [3.63, 3.8) is 0 Å². The molecule has 0 aliphatic carbocycles. The van der Waals surface area contributed by atoms with Gasteiger partial charge in [0.15, 0.2) is 0 Å². The van der Waals surface area contributed by atoms with Gasteiger partial charge in [-0.25, -0.2) is 0 Å². The van der Waals surface area contributed by atoms with Crippen molar-refractivity contribution in [3.05, 3.63) is 65.7 Å². The fourth-order valence-electron chi connectivity index (χ4n) is 2.64. The molecule has 0 aliphatic heterocycles. The van der Waals surface area contributed by atoms with Crippen LogP contribution < -0.4 is 10.2 Å². The highest BCUT2D eigenvalue weighted by Crippen LogP contribution is 2.19. The van der Waals surface area contributed by atoms with Gasteiger partial charge < -0.3 is 10.2 Å². The Kier molecular flexibility index (Phi) is 5.82. The summed E-state index contributed by atoms with van der Waals surface area (Å²) in [5.41, 5.74) is 3.97. The molecule has 0 spiro atoms.